The smallest absolute Gasteiger partial charge is 0.225 e. The molecular formula is C24H40N4O4. The molecule has 1 aliphatic rings. The van der Waals surface area contributed by atoms with Crippen molar-refractivity contribution in [3.63, 3.8) is 0 Å². The van der Waals surface area contributed by atoms with E-state index in [2.05, 4.69) is 29.5 Å². The van der Waals surface area contributed by atoms with Crippen molar-refractivity contribution in [3.05, 3.63) is 23.8 Å². The van der Waals surface area contributed by atoms with E-state index in [9.17, 15) is 9.90 Å². The fourth-order valence-corrected chi connectivity index (χ4v) is 3.96. The van der Waals surface area contributed by atoms with Crippen molar-refractivity contribution in [2.75, 3.05) is 40.4 Å². The molecule has 2 rings (SSSR count). The summed E-state index contributed by atoms with van der Waals surface area (Å²) in [7, 11) is 3.17. The minimum Gasteiger partial charge on any atom is -0.497 e. The molecule has 0 spiro atoms. The normalized spacial score (nSPS) is 16.1. The molecule has 1 aromatic rings. The van der Waals surface area contributed by atoms with Crippen molar-refractivity contribution in [2.24, 2.45) is 10.9 Å². The second-order valence-corrected chi connectivity index (χ2v) is 8.14. The van der Waals surface area contributed by atoms with E-state index in [0.717, 1.165) is 45.3 Å². The van der Waals surface area contributed by atoms with Crippen molar-refractivity contribution in [1.82, 2.24) is 15.5 Å². The molecule has 1 fully saturated rings. The van der Waals surface area contributed by atoms with Crippen LogP contribution in [-0.2, 0) is 4.79 Å². The molecule has 180 valence electrons. The summed E-state index contributed by atoms with van der Waals surface area (Å²) in [6, 6.07) is 5.59. The number of hydrogen-bond acceptors (Lipinski definition) is 5. The Morgan fingerprint density at radius 3 is 2.22 bits per heavy atom. The number of carbonyl (C=O) groups is 1. The van der Waals surface area contributed by atoms with Crippen molar-refractivity contribution in [3.8, 4) is 11.5 Å². The summed E-state index contributed by atoms with van der Waals surface area (Å²) in [5.74, 6) is 2.34. The number of guanidine groups is 1. The number of methoxy groups -OCH3 is 2. The number of piperidine rings is 1. The number of aliphatic hydroxyl groups excluding tert-OH is 1. The molecule has 8 nitrogen and oxygen atoms in total. The highest BCUT2D eigenvalue weighted by Crippen LogP contribution is 2.26. The number of aliphatic hydroxyl groups is 1. The van der Waals surface area contributed by atoms with Gasteiger partial charge in [-0.25, -0.2) is 0 Å². The van der Waals surface area contributed by atoms with Gasteiger partial charge in [-0.05, 0) is 50.3 Å². The van der Waals surface area contributed by atoms with E-state index in [-0.39, 0.29) is 24.4 Å². The van der Waals surface area contributed by atoms with Crippen LogP contribution in [0.3, 0.4) is 0 Å². The maximum atomic E-state index is 12.6. The number of nitrogens with one attached hydrogen (secondary N) is 2. The van der Waals surface area contributed by atoms with E-state index in [0.29, 0.717) is 23.0 Å². The summed E-state index contributed by atoms with van der Waals surface area (Å²) < 4.78 is 10.6. The van der Waals surface area contributed by atoms with Crippen LogP contribution in [0.2, 0.25) is 0 Å². The van der Waals surface area contributed by atoms with Gasteiger partial charge in [-0.2, -0.15) is 0 Å². The lowest BCUT2D eigenvalue weighted by atomic mass is 9.98. The largest absolute Gasteiger partial charge is 0.497 e. The van der Waals surface area contributed by atoms with E-state index in [1.807, 2.05) is 11.8 Å². The number of benzene rings is 1. The van der Waals surface area contributed by atoms with E-state index in [1.54, 1.807) is 32.4 Å². The zero-order valence-corrected chi connectivity index (χ0v) is 20.2. The third-order valence-electron chi connectivity index (χ3n) is 6.01. The van der Waals surface area contributed by atoms with Gasteiger partial charge in [0, 0.05) is 37.7 Å². The van der Waals surface area contributed by atoms with Gasteiger partial charge >= 0.3 is 0 Å². The van der Waals surface area contributed by atoms with Gasteiger partial charge in [0.15, 0.2) is 5.96 Å². The standard InChI is InChI=1S/C24H40N4O4/c1-6-17(7-2)23(30)28-11-9-19(10-12-28)27-24(25-8-3)26-16-22(29)18-13-20(31-4)15-21(14-18)32-5/h13-15,17,19,22,29H,6-12,16H2,1-5H3,(H2,25,26,27). The molecule has 32 heavy (non-hydrogen) atoms. The summed E-state index contributed by atoms with van der Waals surface area (Å²) in [6.45, 7) is 8.62. The summed E-state index contributed by atoms with van der Waals surface area (Å²) in [5.41, 5.74) is 0.689. The van der Waals surface area contributed by atoms with Crippen LogP contribution in [0.4, 0.5) is 0 Å². The van der Waals surface area contributed by atoms with E-state index >= 15 is 0 Å². The minimum atomic E-state index is -0.783. The van der Waals surface area contributed by atoms with Crippen LogP contribution in [-0.4, -0.2) is 68.3 Å². The van der Waals surface area contributed by atoms with Crippen molar-refractivity contribution >= 4 is 11.9 Å². The molecule has 0 aromatic heterocycles. The lowest BCUT2D eigenvalue weighted by Crippen LogP contribution is -2.50. The van der Waals surface area contributed by atoms with E-state index in [4.69, 9.17) is 9.47 Å². The van der Waals surface area contributed by atoms with E-state index < -0.39 is 6.10 Å². The number of nitrogens with zero attached hydrogens (tertiary/aromatic N) is 2. The van der Waals surface area contributed by atoms with Gasteiger partial charge in [0.25, 0.3) is 0 Å². The number of aliphatic imine (C=N–C) groups is 1. The van der Waals surface area contributed by atoms with E-state index in [1.165, 1.54) is 0 Å². The lowest BCUT2D eigenvalue weighted by molar-refractivity contribution is -0.136. The van der Waals surface area contributed by atoms with Crippen LogP contribution in [0.1, 0.15) is 58.1 Å². The monoisotopic (exact) mass is 448 g/mol. The number of rotatable bonds is 10. The summed E-state index contributed by atoms with van der Waals surface area (Å²) in [6.07, 6.45) is 2.77. The van der Waals surface area contributed by atoms with Crippen LogP contribution in [0.5, 0.6) is 11.5 Å². The number of likely N-dealkylation sites (tertiary alicyclic amines) is 1. The van der Waals surface area contributed by atoms with Crippen molar-refractivity contribution < 1.29 is 19.4 Å². The van der Waals surface area contributed by atoms with Crippen LogP contribution in [0.15, 0.2) is 23.2 Å². The Hall–Kier alpha value is -2.48. The number of carbonyl (C=O) groups excluding carboxylic acids is 1. The Morgan fingerprint density at radius 1 is 1.12 bits per heavy atom. The second kappa shape index (κ2) is 13.2. The average molecular weight is 449 g/mol. The minimum absolute atomic E-state index is 0.134. The molecule has 0 aliphatic carbocycles. The third kappa shape index (κ3) is 7.29. The summed E-state index contributed by atoms with van der Waals surface area (Å²) in [4.78, 5) is 19.2. The first-order chi connectivity index (χ1) is 15.4. The highest BCUT2D eigenvalue weighted by atomic mass is 16.5. The van der Waals surface area contributed by atoms with Gasteiger partial charge < -0.3 is 30.1 Å². The lowest BCUT2D eigenvalue weighted by Gasteiger charge is -2.35. The maximum Gasteiger partial charge on any atom is 0.225 e. The Morgan fingerprint density at radius 2 is 1.72 bits per heavy atom. The highest BCUT2D eigenvalue weighted by Gasteiger charge is 2.26. The quantitative estimate of drug-likeness (QED) is 0.376. The highest BCUT2D eigenvalue weighted by molar-refractivity contribution is 5.80. The zero-order valence-electron chi connectivity index (χ0n) is 20.2. The molecule has 0 bridgehead atoms. The van der Waals surface area contributed by atoms with Crippen molar-refractivity contribution in [1.29, 1.82) is 0 Å². The number of ether oxygens (including phenoxy) is 2. The molecule has 0 radical (unpaired) electrons. The predicted octanol–water partition coefficient (Wildman–Crippen LogP) is 2.72. The first kappa shape index (κ1) is 25.8. The molecule has 1 heterocycles. The Kier molecular flexibility index (Phi) is 10.6. The first-order valence-electron chi connectivity index (χ1n) is 11.7. The van der Waals surface area contributed by atoms with Gasteiger partial charge in [-0.1, -0.05) is 13.8 Å². The average Bonchev–Trinajstić information content (AvgIpc) is 2.83. The van der Waals surface area contributed by atoms with Crippen LogP contribution < -0.4 is 20.1 Å². The summed E-state index contributed by atoms with van der Waals surface area (Å²) in [5, 5.41) is 17.4. The van der Waals surface area contributed by atoms with Gasteiger partial charge in [0.2, 0.25) is 5.91 Å². The molecule has 0 saturated carbocycles. The third-order valence-corrected chi connectivity index (χ3v) is 6.01. The number of amides is 1. The molecule has 1 unspecified atom stereocenters. The summed E-state index contributed by atoms with van der Waals surface area (Å²) >= 11 is 0. The Bertz CT molecular complexity index is 721. The van der Waals surface area contributed by atoms with Crippen LogP contribution in [0, 0.1) is 5.92 Å². The Balaban J connectivity index is 1.95. The molecule has 1 amide bonds. The topological polar surface area (TPSA) is 95.4 Å². The zero-order chi connectivity index (χ0) is 23.5. The molecule has 1 aliphatic heterocycles. The molecule has 1 aromatic carbocycles. The van der Waals surface area contributed by atoms with Gasteiger partial charge in [-0.3, -0.25) is 9.79 Å². The molecule has 8 heteroatoms. The predicted molar refractivity (Wildman–Crippen MR) is 127 cm³/mol. The fraction of sp³-hybridized carbons (Fsp3) is 0.667. The molecule has 1 atom stereocenters. The van der Waals surface area contributed by atoms with Gasteiger partial charge in [-0.15, -0.1) is 0 Å². The first-order valence-corrected chi connectivity index (χ1v) is 11.7. The number of hydrogen-bond donors (Lipinski definition) is 3. The van der Waals surface area contributed by atoms with Crippen molar-refractivity contribution in [2.45, 2.75) is 58.6 Å². The fourth-order valence-electron chi connectivity index (χ4n) is 3.96. The molecular weight excluding hydrogens is 408 g/mol. The SMILES string of the molecule is CCNC(=NCC(O)c1cc(OC)cc(OC)c1)NC1CCN(C(=O)C(CC)CC)CC1. The Labute approximate surface area is 192 Å². The molecule has 1 saturated heterocycles. The second-order valence-electron chi connectivity index (χ2n) is 8.14. The van der Waals surface area contributed by atoms with Crippen LogP contribution in [0.25, 0.3) is 0 Å². The van der Waals surface area contributed by atoms with Gasteiger partial charge in [0.1, 0.15) is 11.5 Å². The molecule has 3 N–H and O–H groups in total. The maximum absolute atomic E-state index is 12.6. The van der Waals surface area contributed by atoms with Gasteiger partial charge in [0.05, 0.1) is 26.9 Å². The van der Waals surface area contributed by atoms with Crippen LogP contribution >= 0.6 is 0 Å².